The summed E-state index contributed by atoms with van der Waals surface area (Å²) in [6.45, 7) is 9.35. The number of fused-ring (bicyclic) bond motifs is 3. The topological polar surface area (TPSA) is 39.3 Å². The number of nitrogens with zero attached hydrogens (tertiary/aromatic N) is 2. The Bertz CT molecular complexity index is 1210. The number of carbonyl (C=O) groups excluding carboxylic acids is 1. The molecule has 194 valence electrons. The summed E-state index contributed by atoms with van der Waals surface area (Å²) in [7, 11) is 4.11. The van der Waals surface area contributed by atoms with Crippen LogP contribution in [-0.4, -0.2) is 41.3 Å². The molecule has 1 aromatic heterocycles. The van der Waals surface area contributed by atoms with Gasteiger partial charge in [0.15, 0.2) is 0 Å². The first-order valence-electron chi connectivity index (χ1n) is 13.4. The number of amides is 1. The summed E-state index contributed by atoms with van der Waals surface area (Å²) < 4.78 is 14.1. The van der Waals surface area contributed by atoms with Crippen molar-refractivity contribution in [1.82, 2.24) is 14.8 Å². The first kappa shape index (κ1) is 26.4. The maximum atomic E-state index is 14.1. The number of hydrogen-bond donors (Lipinski definition) is 1. The molecule has 1 aliphatic rings. The molecule has 0 aliphatic carbocycles. The first-order chi connectivity index (χ1) is 17.1. The molecule has 0 radical (unpaired) electrons. The van der Waals surface area contributed by atoms with E-state index in [0.29, 0.717) is 6.42 Å². The van der Waals surface area contributed by atoms with Gasteiger partial charge in [0.1, 0.15) is 5.82 Å². The Balaban J connectivity index is 1.80. The third kappa shape index (κ3) is 5.22. The van der Waals surface area contributed by atoms with Crippen LogP contribution in [0.4, 0.5) is 4.39 Å². The monoisotopic (exact) mass is 491 g/mol. The average Bonchev–Trinajstić information content (AvgIpc) is 3.18. The number of aromatic amines is 1. The summed E-state index contributed by atoms with van der Waals surface area (Å²) >= 11 is 0. The van der Waals surface area contributed by atoms with Gasteiger partial charge in [0.25, 0.3) is 0 Å². The molecule has 2 aromatic carbocycles. The summed E-state index contributed by atoms with van der Waals surface area (Å²) in [5.74, 6) is 0.0209. The van der Waals surface area contributed by atoms with Crippen molar-refractivity contribution in [2.75, 3.05) is 20.6 Å². The summed E-state index contributed by atoms with van der Waals surface area (Å²) in [5, 5.41) is 1.27. The van der Waals surface area contributed by atoms with Crippen LogP contribution in [-0.2, 0) is 16.8 Å². The normalized spacial score (nSPS) is 19.1. The lowest BCUT2D eigenvalue weighted by Gasteiger charge is -2.49. The standard InChI is InChI=1S/C31H42FN3O/c1-7-17-31(18-15-27(34(5)6)22-11-10-12-23(32)20-22)29-25(24-13-8-9-14-26(24)33-29)16-19-35(31)28(36)21-30(2,3)4/h8-14,20,27,33H,7,15-19,21H2,1-6H3. The van der Waals surface area contributed by atoms with Gasteiger partial charge < -0.3 is 14.8 Å². The molecule has 4 nitrogen and oxygen atoms in total. The molecule has 0 saturated heterocycles. The van der Waals surface area contributed by atoms with E-state index in [1.807, 2.05) is 6.07 Å². The van der Waals surface area contributed by atoms with Crippen molar-refractivity contribution in [2.45, 2.75) is 77.8 Å². The quantitative estimate of drug-likeness (QED) is 0.362. The third-order valence-corrected chi connectivity index (χ3v) is 7.72. The Kier molecular flexibility index (Phi) is 7.61. The minimum Gasteiger partial charge on any atom is -0.356 e. The van der Waals surface area contributed by atoms with Crippen molar-refractivity contribution in [3.8, 4) is 0 Å². The molecule has 5 heteroatoms. The second-order valence-electron chi connectivity index (χ2n) is 11.9. The molecule has 3 aromatic rings. The van der Waals surface area contributed by atoms with Crippen LogP contribution in [0.2, 0.25) is 0 Å². The zero-order chi connectivity index (χ0) is 26.1. The molecule has 0 fully saturated rings. The predicted octanol–water partition coefficient (Wildman–Crippen LogP) is 7.21. The number of H-pyrrole nitrogens is 1. The van der Waals surface area contributed by atoms with Crippen LogP contribution < -0.4 is 0 Å². The molecule has 2 unspecified atom stereocenters. The Morgan fingerprint density at radius 2 is 1.89 bits per heavy atom. The van der Waals surface area contributed by atoms with Crippen LogP contribution in [0.15, 0.2) is 48.5 Å². The van der Waals surface area contributed by atoms with Crippen molar-refractivity contribution in [3.05, 3.63) is 71.2 Å². The summed E-state index contributed by atoms with van der Waals surface area (Å²) in [4.78, 5) is 22.0. The van der Waals surface area contributed by atoms with Crippen LogP contribution in [0.1, 0.15) is 82.7 Å². The summed E-state index contributed by atoms with van der Waals surface area (Å²) in [5.41, 5.74) is 4.19. The molecule has 0 bridgehead atoms. The van der Waals surface area contributed by atoms with Gasteiger partial charge in [0.2, 0.25) is 5.91 Å². The third-order valence-electron chi connectivity index (χ3n) is 7.72. The Hall–Kier alpha value is -2.66. The lowest BCUT2D eigenvalue weighted by Crippen LogP contribution is -2.54. The second-order valence-corrected chi connectivity index (χ2v) is 11.9. The van der Waals surface area contributed by atoms with Gasteiger partial charge in [-0.05, 0) is 74.5 Å². The highest BCUT2D eigenvalue weighted by molar-refractivity contribution is 5.86. The van der Waals surface area contributed by atoms with Crippen LogP contribution >= 0.6 is 0 Å². The highest BCUT2D eigenvalue weighted by Crippen LogP contribution is 2.47. The van der Waals surface area contributed by atoms with Gasteiger partial charge in [-0.2, -0.15) is 0 Å². The average molecular weight is 492 g/mol. The van der Waals surface area contributed by atoms with Crippen molar-refractivity contribution >= 4 is 16.8 Å². The largest absolute Gasteiger partial charge is 0.356 e. The molecule has 4 rings (SSSR count). The SMILES string of the molecule is CCCC1(CCC(c2cccc(F)c2)N(C)C)c2[nH]c3ccccc3c2CCN1C(=O)CC(C)(C)C. The van der Waals surface area contributed by atoms with E-state index in [1.54, 1.807) is 12.1 Å². The Labute approximate surface area is 215 Å². The summed E-state index contributed by atoms with van der Waals surface area (Å²) in [6, 6.07) is 15.5. The van der Waals surface area contributed by atoms with E-state index >= 15 is 0 Å². The number of aromatic nitrogens is 1. The van der Waals surface area contributed by atoms with E-state index < -0.39 is 5.54 Å². The van der Waals surface area contributed by atoms with E-state index in [9.17, 15) is 9.18 Å². The van der Waals surface area contributed by atoms with Crippen molar-refractivity contribution in [3.63, 3.8) is 0 Å². The van der Waals surface area contributed by atoms with Gasteiger partial charge in [0.05, 0.1) is 5.54 Å². The minimum absolute atomic E-state index is 0.0590. The van der Waals surface area contributed by atoms with Crippen LogP contribution in [0.3, 0.4) is 0 Å². The van der Waals surface area contributed by atoms with Gasteiger partial charge in [0, 0.05) is 35.6 Å². The smallest absolute Gasteiger partial charge is 0.223 e. The minimum atomic E-state index is -0.411. The van der Waals surface area contributed by atoms with Crippen LogP contribution in [0, 0.1) is 11.2 Å². The number of para-hydroxylation sites is 1. The van der Waals surface area contributed by atoms with Gasteiger partial charge in [-0.3, -0.25) is 4.79 Å². The van der Waals surface area contributed by atoms with Crippen LogP contribution in [0.5, 0.6) is 0 Å². The Morgan fingerprint density at radius 1 is 1.14 bits per heavy atom. The zero-order valence-corrected chi connectivity index (χ0v) is 22.8. The predicted molar refractivity (Wildman–Crippen MR) is 146 cm³/mol. The number of benzene rings is 2. The second kappa shape index (κ2) is 10.4. The fourth-order valence-electron chi connectivity index (χ4n) is 6.21. The van der Waals surface area contributed by atoms with Crippen LogP contribution in [0.25, 0.3) is 10.9 Å². The van der Waals surface area contributed by atoms with Crippen molar-refractivity contribution in [2.24, 2.45) is 5.41 Å². The lowest BCUT2D eigenvalue weighted by atomic mass is 9.76. The number of nitrogens with one attached hydrogen (secondary N) is 1. The van der Waals surface area contributed by atoms with Crippen molar-refractivity contribution in [1.29, 1.82) is 0 Å². The first-order valence-corrected chi connectivity index (χ1v) is 13.4. The van der Waals surface area contributed by atoms with E-state index in [-0.39, 0.29) is 23.2 Å². The number of halogens is 1. The molecule has 1 N–H and O–H groups in total. The highest BCUT2D eigenvalue weighted by Gasteiger charge is 2.46. The maximum Gasteiger partial charge on any atom is 0.223 e. The maximum absolute atomic E-state index is 14.1. The van der Waals surface area contributed by atoms with Crippen molar-refractivity contribution < 1.29 is 9.18 Å². The van der Waals surface area contributed by atoms with Gasteiger partial charge in [-0.25, -0.2) is 4.39 Å². The van der Waals surface area contributed by atoms with E-state index in [0.717, 1.165) is 49.7 Å². The van der Waals surface area contributed by atoms with E-state index in [1.165, 1.54) is 22.7 Å². The molecule has 1 aliphatic heterocycles. The number of carbonyl (C=O) groups is 1. The molecule has 1 amide bonds. The molecule has 2 atom stereocenters. The molecule has 2 heterocycles. The van der Waals surface area contributed by atoms with Gasteiger partial charge >= 0.3 is 0 Å². The fourth-order valence-corrected chi connectivity index (χ4v) is 6.21. The summed E-state index contributed by atoms with van der Waals surface area (Å²) in [6.07, 6.45) is 4.89. The number of hydrogen-bond acceptors (Lipinski definition) is 2. The molecule has 36 heavy (non-hydrogen) atoms. The van der Waals surface area contributed by atoms with E-state index in [2.05, 4.69) is 80.8 Å². The Morgan fingerprint density at radius 3 is 2.56 bits per heavy atom. The highest BCUT2D eigenvalue weighted by atomic mass is 19.1. The number of rotatable bonds is 8. The zero-order valence-electron chi connectivity index (χ0n) is 22.8. The molecule has 0 spiro atoms. The van der Waals surface area contributed by atoms with Gasteiger partial charge in [-0.15, -0.1) is 0 Å². The fraction of sp³-hybridized carbons (Fsp3) is 0.516. The molecular weight excluding hydrogens is 449 g/mol. The van der Waals surface area contributed by atoms with Gasteiger partial charge in [-0.1, -0.05) is 64.4 Å². The lowest BCUT2D eigenvalue weighted by molar-refractivity contribution is -0.142. The molecular formula is C31H42FN3O. The van der Waals surface area contributed by atoms with E-state index in [4.69, 9.17) is 0 Å². The molecule has 0 saturated carbocycles.